The van der Waals surface area contributed by atoms with E-state index < -0.39 is 13.7 Å². The maximum absolute atomic E-state index is 10.3. The second kappa shape index (κ2) is 10.6. The molecule has 0 atom stereocenters. The standard InChI is InChI=1S/C29H40N4O2SSi/c1-29(2,34)22-12-14-23(15-13-22)36-28-31-27(33(32-28)19-35-16-17-37(3,4)5)30-26-24-10-6-8-20(24)18-21-9-7-11-25(21)26/h12-15,18,34H,6-11,16-17,19H2,1-5H3,(H,30,31,32). The third-order valence-corrected chi connectivity index (χ3v) is 9.91. The van der Waals surface area contributed by atoms with E-state index in [0.29, 0.717) is 11.9 Å². The molecule has 8 heteroatoms. The molecular weight excluding hydrogens is 496 g/mol. The quantitative estimate of drug-likeness (QED) is 0.222. The number of ether oxygens (including phenoxy) is 1. The topological polar surface area (TPSA) is 72.2 Å². The molecule has 0 aliphatic heterocycles. The Kier molecular flexibility index (Phi) is 7.55. The Hall–Kier alpha value is -2.13. The van der Waals surface area contributed by atoms with Gasteiger partial charge in [-0.15, -0.1) is 5.10 Å². The first-order valence-electron chi connectivity index (χ1n) is 13.5. The average Bonchev–Trinajstić information content (AvgIpc) is 3.56. The third-order valence-electron chi connectivity index (χ3n) is 7.34. The SMILES string of the molecule is CC(C)(O)c1ccc(Sc2nc(Nc3c4c(cc5c3CCC5)CCC4)n(COCC[Si](C)(C)C)n2)cc1. The fraction of sp³-hybridized carbons (Fsp3) is 0.517. The van der Waals surface area contributed by atoms with Gasteiger partial charge < -0.3 is 15.2 Å². The fourth-order valence-corrected chi connectivity index (χ4v) is 6.70. The smallest absolute Gasteiger partial charge is 0.228 e. The van der Waals surface area contributed by atoms with Crippen LogP contribution in [0, 0.1) is 0 Å². The lowest BCUT2D eigenvalue weighted by molar-refractivity contribution is 0.0784. The number of nitrogens with one attached hydrogen (secondary N) is 1. The molecule has 2 N–H and O–H groups in total. The van der Waals surface area contributed by atoms with Gasteiger partial charge in [-0.25, -0.2) is 4.68 Å². The predicted octanol–water partition coefficient (Wildman–Crippen LogP) is 6.69. The van der Waals surface area contributed by atoms with E-state index in [9.17, 15) is 5.11 Å². The van der Waals surface area contributed by atoms with Crippen molar-refractivity contribution in [3.63, 3.8) is 0 Å². The van der Waals surface area contributed by atoms with Crippen molar-refractivity contribution in [2.75, 3.05) is 11.9 Å². The van der Waals surface area contributed by atoms with E-state index in [1.54, 1.807) is 13.8 Å². The number of nitrogens with zero attached hydrogens (tertiary/aromatic N) is 3. The summed E-state index contributed by atoms with van der Waals surface area (Å²) in [5, 5.41) is 19.5. The van der Waals surface area contributed by atoms with Gasteiger partial charge in [0.2, 0.25) is 11.1 Å². The van der Waals surface area contributed by atoms with E-state index >= 15 is 0 Å². The largest absolute Gasteiger partial charge is 0.386 e. The maximum atomic E-state index is 10.3. The molecule has 1 aromatic heterocycles. The van der Waals surface area contributed by atoms with Crippen LogP contribution in [0.25, 0.3) is 0 Å². The molecule has 198 valence electrons. The zero-order valence-corrected chi connectivity index (χ0v) is 24.7. The lowest BCUT2D eigenvalue weighted by Gasteiger charge is -2.18. The van der Waals surface area contributed by atoms with Gasteiger partial charge in [-0.2, -0.15) is 4.98 Å². The van der Waals surface area contributed by atoms with Crippen molar-refractivity contribution in [2.24, 2.45) is 0 Å². The normalized spacial score (nSPS) is 15.2. The van der Waals surface area contributed by atoms with Crippen molar-refractivity contribution in [2.45, 2.75) is 100 Å². The number of aromatic nitrogens is 3. The lowest BCUT2D eigenvalue weighted by atomic mass is 9.99. The Morgan fingerprint density at radius 2 is 1.68 bits per heavy atom. The van der Waals surface area contributed by atoms with Crippen molar-refractivity contribution >= 4 is 31.5 Å². The minimum Gasteiger partial charge on any atom is -0.386 e. The van der Waals surface area contributed by atoms with Crippen LogP contribution in [-0.2, 0) is 42.8 Å². The molecule has 0 saturated heterocycles. The summed E-state index contributed by atoms with van der Waals surface area (Å²) in [4.78, 5) is 5.97. The summed E-state index contributed by atoms with van der Waals surface area (Å²) in [6.07, 6.45) is 7.04. The first-order chi connectivity index (χ1) is 17.6. The number of anilines is 2. The molecule has 1 heterocycles. The van der Waals surface area contributed by atoms with E-state index in [1.807, 2.05) is 28.9 Å². The highest BCUT2D eigenvalue weighted by Crippen LogP contribution is 2.40. The van der Waals surface area contributed by atoms with Crippen LogP contribution in [0.5, 0.6) is 0 Å². The molecule has 2 aromatic carbocycles. The van der Waals surface area contributed by atoms with Gasteiger partial charge in [-0.05, 0) is 110 Å². The summed E-state index contributed by atoms with van der Waals surface area (Å²) in [6.45, 7) is 11.8. The molecule has 0 radical (unpaired) electrons. The number of hydrogen-bond acceptors (Lipinski definition) is 6. The Morgan fingerprint density at radius 3 is 2.27 bits per heavy atom. The monoisotopic (exact) mass is 536 g/mol. The van der Waals surface area contributed by atoms with E-state index in [0.717, 1.165) is 41.9 Å². The molecule has 2 aliphatic carbocycles. The Morgan fingerprint density at radius 1 is 1.03 bits per heavy atom. The summed E-state index contributed by atoms with van der Waals surface area (Å²) < 4.78 is 7.98. The second-order valence-corrected chi connectivity index (χ2v) is 18.8. The van der Waals surface area contributed by atoms with Crippen molar-refractivity contribution in [3.8, 4) is 0 Å². The molecule has 0 amide bonds. The Labute approximate surface area is 226 Å². The minimum absolute atomic E-state index is 0.384. The number of fused-ring (bicyclic) bond motifs is 2. The van der Waals surface area contributed by atoms with E-state index in [4.69, 9.17) is 14.8 Å². The molecule has 0 bridgehead atoms. The van der Waals surface area contributed by atoms with Gasteiger partial charge >= 0.3 is 0 Å². The lowest BCUT2D eigenvalue weighted by Crippen LogP contribution is -2.22. The molecule has 2 aliphatic rings. The van der Waals surface area contributed by atoms with E-state index in [2.05, 4.69) is 31.0 Å². The van der Waals surface area contributed by atoms with Gasteiger partial charge in [-0.1, -0.05) is 37.8 Å². The molecular formula is C29H40N4O2SSi. The summed E-state index contributed by atoms with van der Waals surface area (Å²) in [6, 6.07) is 11.6. The summed E-state index contributed by atoms with van der Waals surface area (Å²) in [5.74, 6) is 0.748. The summed E-state index contributed by atoms with van der Waals surface area (Å²) >= 11 is 1.53. The van der Waals surface area contributed by atoms with Crippen LogP contribution in [0.2, 0.25) is 25.7 Å². The molecule has 0 saturated carbocycles. The van der Waals surface area contributed by atoms with E-state index in [1.165, 1.54) is 65.4 Å². The van der Waals surface area contributed by atoms with Crippen LogP contribution in [-0.4, -0.2) is 34.6 Å². The third kappa shape index (κ3) is 6.30. The number of rotatable bonds is 10. The van der Waals surface area contributed by atoms with Gasteiger partial charge in [0, 0.05) is 25.3 Å². The molecule has 6 nitrogen and oxygen atoms in total. The van der Waals surface area contributed by atoms with Crippen molar-refractivity contribution in [1.29, 1.82) is 0 Å². The van der Waals surface area contributed by atoms with Crippen LogP contribution >= 0.6 is 11.8 Å². The molecule has 3 aromatic rings. The van der Waals surface area contributed by atoms with E-state index in [-0.39, 0.29) is 0 Å². The van der Waals surface area contributed by atoms with Crippen LogP contribution in [0.1, 0.15) is 54.5 Å². The van der Waals surface area contributed by atoms with Gasteiger partial charge in [0.05, 0.1) is 5.60 Å². The zero-order valence-electron chi connectivity index (χ0n) is 22.9. The Bertz CT molecular complexity index is 1230. The molecule has 0 fully saturated rings. The van der Waals surface area contributed by atoms with Crippen molar-refractivity contribution in [1.82, 2.24) is 14.8 Å². The number of aliphatic hydroxyl groups is 1. The van der Waals surface area contributed by atoms with Gasteiger partial charge in [0.1, 0.15) is 6.73 Å². The number of benzene rings is 2. The molecule has 37 heavy (non-hydrogen) atoms. The van der Waals surface area contributed by atoms with Gasteiger partial charge in [-0.3, -0.25) is 0 Å². The Balaban J connectivity index is 1.41. The molecule has 5 rings (SSSR count). The summed E-state index contributed by atoms with van der Waals surface area (Å²) in [5.41, 5.74) is 7.23. The second-order valence-electron chi connectivity index (χ2n) is 12.1. The van der Waals surface area contributed by atoms with Gasteiger partial charge in [0.15, 0.2) is 0 Å². The average molecular weight is 537 g/mol. The first kappa shape index (κ1) is 26.5. The number of aryl methyl sites for hydroxylation is 2. The summed E-state index contributed by atoms with van der Waals surface area (Å²) in [7, 11) is -1.17. The van der Waals surface area contributed by atoms with Crippen LogP contribution in [0.3, 0.4) is 0 Å². The maximum Gasteiger partial charge on any atom is 0.228 e. The zero-order chi connectivity index (χ0) is 26.2. The highest BCUT2D eigenvalue weighted by molar-refractivity contribution is 7.99. The number of hydrogen-bond donors (Lipinski definition) is 2. The highest BCUT2D eigenvalue weighted by atomic mass is 32.2. The van der Waals surface area contributed by atoms with Crippen LogP contribution in [0.4, 0.5) is 11.6 Å². The predicted molar refractivity (Wildman–Crippen MR) is 154 cm³/mol. The van der Waals surface area contributed by atoms with Crippen molar-refractivity contribution < 1.29 is 9.84 Å². The molecule has 0 spiro atoms. The van der Waals surface area contributed by atoms with Crippen LogP contribution < -0.4 is 5.32 Å². The fourth-order valence-electron chi connectivity index (χ4n) is 5.19. The van der Waals surface area contributed by atoms with Gasteiger partial charge in [0.25, 0.3) is 0 Å². The first-order valence-corrected chi connectivity index (χ1v) is 18.1. The minimum atomic E-state index is -1.17. The highest BCUT2D eigenvalue weighted by Gasteiger charge is 2.25. The molecule has 0 unspecified atom stereocenters. The van der Waals surface area contributed by atoms with Crippen molar-refractivity contribution in [3.05, 3.63) is 58.1 Å². The van der Waals surface area contributed by atoms with Crippen LogP contribution in [0.15, 0.2) is 40.4 Å².